The molecule has 1 atom stereocenters. The van der Waals surface area contributed by atoms with Gasteiger partial charge >= 0.3 is 0 Å². The highest BCUT2D eigenvalue weighted by Crippen LogP contribution is 2.40. The van der Waals surface area contributed by atoms with Crippen LogP contribution in [0.25, 0.3) is 0 Å². The number of carbonyl (C=O) groups is 2. The van der Waals surface area contributed by atoms with E-state index >= 15 is 0 Å². The minimum atomic E-state index is -2.12. The van der Waals surface area contributed by atoms with Crippen molar-refractivity contribution in [2.24, 2.45) is 16.9 Å². The minimum absolute atomic E-state index is 0.149. The molecule has 9 heteroatoms. The van der Waals surface area contributed by atoms with E-state index in [0.29, 0.717) is 18.6 Å². The van der Waals surface area contributed by atoms with Crippen molar-refractivity contribution in [3.05, 3.63) is 46.0 Å². The van der Waals surface area contributed by atoms with Gasteiger partial charge in [0.1, 0.15) is 5.40 Å². The summed E-state index contributed by atoms with van der Waals surface area (Å²) in [4.78, 5) is 35.1. The molecule has 0 aliphatic heterocycles. The first kappa shape index (κ1) is 19.4. The minimum Gasteiger partial charge on any atom is -0.368 e. The first-order valence-corrected chi connectivity index (χ1v) is 8.15. The van der Waals surface area contributed by atoms with Gasteiger partial charge in [-0.25, -0.2) is 0 Å². The van der Waals surface area contributed by atoms with E-state index in [1.807, 2.05) is 5.40 Å². The van der Waals surface area contributed by atoms with Crippen molar-refractivity contribution in [2.75, 3.05) is 5.75 Å². The Morgan fingerprint density at radius 3 is 2.29 bits per heavy atom. The third kappa shape index (κ3) is 4.23. The number of nitriles is 1. The largest absolute Gasteiger partial charge is 0.368 e. The predicted octanol–water partition coefficient (Wildman–Crippen LogP) is 1.35. The number of hydrogen-bond acceptors (Lipinski definition) is 6. The number of carbonyl (C=O) groups excluding carboxylic acids is 2. The van der Waals surface area contributed by atoms with Crippen LogP contribution in [-0.2, 0) is 9.59 Å². The van der Waals surface area contributed by atoms with Gasteiger partial charge in [-0.05, 0) is 24.6 Å². The van der Waals surface area contributed by atoms with Crippen molar-refractivity contribution in [1.29, 1.82) is 5.26 Å². The Morgan fingerprint density at radius 1 is 1.25 bits per heavy atom. The van der Waals surface area contributed by atoms with E-state index in [2.05, 4.69) is 0 Å². The summed E-state index contributed by atoms with van der Waals surface area (Å²) in [5.41, 5.74) is 8.84. The number of unbranched alkanes of at least 4 members (excludes halogenated alkanes) is 1. The van der Waals surface area contributed by atoms with Gasteiger partial charge in [0.25, 0.3) is 6.04 Å². The number of rotatable bonds is 10. The average Bonchev–Trinajstić information content (AvgIpc) is 2.53. The molecule has 1 rings (SSSR count). The van der Waals surface area contributed by atoms with Crippen LogP contribution in [0.15, 0.2) is 30.3 Å². The quantitative estimate of drug-likeness (QED) is 0.213. The first-order chi connectivity index (χ1) is 11.4. The Kier molecular flexibility index (Phi) is 7.20. The Labute approximate surface area is 143 Å². The molecule has 8 nitrogen and oxygen atoms in total. The smallest absolute Gasteiger partial charge is 0.261 e. The van der Waals surface area contributed by atoms with Gasteiger partial charge in [-0.1, -0.05) is 36.8 Å². The molecule has 1 aromatic carbocycles. The zero-order valence-corrected chi connectivity index (χ0v) is 13.7. The summed E-state index contributed by atoms with van der Waals surface area (Å²) in [5.74, 6) is -1.75. The summed E-state index contributed by atoms with van der Waals surface area (Å²) in [6.45, 7) is 0. The number of thioether (sulfide) groups is 1. The van der Waals surface area contributed by atoms with Crippen molar-refractivity contribution in [1.82, 2.24) is 0 Å². The highest BCUT2D eigenvalue weighted by atomic mass is 32.2. The summed E-state index contributed by atoms with van der Waals surface area (Å²) < 4.78 is 0. The van der Waals surface area contributed by atoms with E-state index in [-0.39, 0.29) is 12.0 Å². The number of nitrogens with two attached hydrogens (primary N) is 2. The molecule has 0 saturated heterocycles. The standard InChI is InChI=1S/C15H18N4O4S/c16-10-24-9-5-4-8-15(13(17)20,14(18)21)12(19(22)23)11-6-2-1-3-7-11/h1-3,6-7,12H,4-5,8-9H2,(H2,17,20)(H2,18,21). The lowest BCUT2D eigenvalue weighted by molar-refractivity contribution is -0.542. The van der Waals surface area contributed by atoms with Crippen LogP contribution in [0.5, 0.6) is 0 Å². The molecule has 0 bridgehead atoms. The summed E-state index contributed by atoms with van der Waals surface area (Å²) in [5, 5.41) is 22.0. The second kappa shape index (κ2) is 8.88. The number of hydrogen-bond donors (Lipinski definition) is 2. The summed E-state index contributed by atoms with van der Waals surface area (Å²) in [7, 11) is 0. The molecule has 0 fully saturated rings. The number of nitrogens with zero attached hydrogens (tertiary/aromatic N) is 2. The van der Waals surface area contributed by atoms with E-state index < -0.39 is 28.2 Å². The van der Waals surface area contributed by atoms with Gasteiger partial charge in [0.2, 0.25) is 11.8 Å². The van der Waals surface area contributed by atoms with Gasteiger partial charge in [-0.15, -0.1) is 0 Å². The monoisotopic (exact) mass is 350 g/mol. The zero-order valence-electron chi connectivity index (χ0n) is 12.9. The molecule has 24 heavy (non-hydrogen) atoms. The molecule has 0 heterocycles. The fourth-order valence-corrected chi connectivity index (χ4v) is 3.06. The third-order valence-electron chi connectivity index (χ3n) is 3.80. The van der Waals surface area contributed by atoms with E-state index in [1.54, 1.807) is 18.2 Å². The Morgan fingerprint density at radius 2 is 1.83 bits per heavy atom. The maximum atomic E-state index is 12.1. The second-order valence-electron chi connectivity index (χ2n) is 5.20. The molecule has 0 saturated carbocycles. The number of thiocyanates is 1. The molecule has 0 aromatic heterocycles. The highest BCUT2D eigenvalue weighted by Gasteiger charge is 2.57. The average molecular weight is 350 g/mol. The van der Waals surface area contributed by atoms with Crippen molar-refractivity contribution in [3.63, 3.8) is 0 Å². The van der Waals surface area contributed by atoms with E-state index in [4.69, 9.17) is 16.7 Å². The molecule has 1 unspecified atom stereocenters. The van der Waals surface area contributed by atoms with Gasteiger partial charge in [0.15, 0.2) is 5.41 Å². The fraction of sp³-hybridized carbons (Fsp3) is 0.400. The number of amides is 2. The van der Waals surface area contributed by atoms with Crippen LogP contribution < -0.4 is 11.5 Å². The number of benzene rings is 1. The molecule has 128 valence electrons. The third-order valence-corrected chi connectivity index (χ3v) is 4.43. The summed E-state index contributed by atoms with van der Waals surface area (Å²) >= 11 is 1.03. The molecule has 4 N–H and O–H groups in total. The van der Waals surface area contributed by atoms with Crippen LogP contribution in [0.1, 0.15) is 30.9 Å². The summed E-state index contributed by atoms with van der Waals surface area (Å²) in [6, 6.07) is 6.07. The highest BCUT2D eigenvalue weighted by molar-refractivity contribution is 8.03. The maximum Gasteiger partial charge on any atom is 0.261 e. The van der Waals surface area contributed by atoms with Crippen molar-refractivity contribution >= 4 is 23.6 Å². The molecule has 2 amide bonds. The van der Waals surface area contributed by atoms with Crippen LogP contribution >= 0.6 is 11.8 Å². The van der Waals surface area contributed by atoms with Crippen LogP contribution in [0.4, 0.5) is 0 Å². The maximum absolute atomic E-state index is 12.1. The van der Waals surface area contributed by atoms with Crippen molar-refractivity contribution in [3.8, 4) is 5.40 Å². The molecule has 1 aromatic rings. The lowest BCUT2D eigenvalue weighted by Crippen LogP contribution is -2.53. The van der Waals surface area contributed by atoms with Gasteiger partial charge < -0.3 is 11.5 Å². The van der Waals surface area contributed by atoms with E-state index in [1.165, 1.54) is 12.1 Å². The van der Waals surface area contributed by atoms with Gasteiger partial charge in [0, 0.05) is 16.2 Å². The van der Waals surface area contributed by atoms with E-state index in [0.717, 1.165) is 11.8 Å². The Bertz CT molecular complexity index is 631. The summed E-state index contributed by atoms with van der Waals surface area (Å²) in [6.07, 6.45) is 0.654. The van der Waals surface area contributed by atoms with E-state index in [9.17, 15) is 19.7 Å². The lowest BCUT2D eigenvalue weighted by Gasteiger charge is -2.30. The normalized spacial score (nSPS) is 12.1. The van der Waals surface area contributed by atoms with Crippen LogP contribution in [0.2, 0.25) is 0 Å². The fourth-order valence-electron chi connectivity index (χ4n) is 2.62. The number of nitro groups is 1. The lowest BCUT2D eigenvalue weighted by atomic mass is 9.72. The number of primary amides is 2. The molecular weight excluding hydrogens is 332 g/mol. The molecule has 0 spiro atoms. The second-order valence-corrected chi connectivity index (χ2v) is 6.07. The topological polar surface area (TPSA) is 153 Å². The molecular formula is C15H18N4O4S. The molecule has 0 radical (unpaired) electrons. The van der Waals surface area contributed by atoms with Crippen LogP contribution in [-0.4, -0.2) is 22.5 Å². The SMILES string of the molecule is N#CSCCCCC(C(N)=O)(C(N)=O)C(c1ccccc1)[N+](=O)[O-]. The van der Waals surface area contributed by atoms with Gasteiger partial charge in [-0.2, -0.15) is 5.26 Å². The van der Waals surface area contributed by atoms with Crippen LogP contribution in [0.3, 0.4) is 0 Å². The molecule has 0 aliphatic carbocycles. The first-order valence-electron chi connectivity index (χ1n) is 7.17. The van der Waals surface area contributed by atoms with Crippen molar-refractivity contribution in [2.45, 2.75) is 25.3 Å². The van der Waals surface area contributed by atoms with Gasteiger partial charge in [-0.3, -0.25) is 19.7 Å². The molecule has 0 aliphatic rings. The predicted molar refractivity (Wildman–Crippen MR) is 88.9 cm³/mol. The van der Waals surface area contributed by atoms with Crippen LogP contribution in [0, 0.1) is 26.2 Å². The zero-order chi connectivity index (χ0) is 18.2. The Hall–Kier alpha value is -2.60. The Balaban J connectivity index is 3.23. The van der Waals surface area contributed by atoms with Gasteiger partial charge in [0.05, 0.1) is 0 Å². The van der Waals surface area contributed by atoms with Crippen molar-refractivity contribution < 1.29 is 14.5 Å².